The molecule has 3 aromatic rings. The zero-order valence-corrected chi connectivity index (χ0v) is 18.9. The van der Waals surface area contributed by atoms with Crippen LogP contribution in [0.4, 0.5) is 0 Å². The number of benzene rings is 2. The second-order valence-corrected chi connectivity index (χ2v) is 6.98. The number of aromatic nitrogens is 1. The lowest BCUT2D eigenvalue weighted by molar-refractivity contribution is 0.0601. The number of carbonyl (C=O) groups excluding carboxylic acids is 1. The molecule has 1 heterocycles. The number of carbonyl (C=O) groups is 1. The fourth-order valence-electron chi connectivity index (χ4n) is 3.58. The van der Waals surface area contributed by atoms with E-state index in [9.17, 15) is 4.79 Å². The molecule has 168 valence electrons. The molecule has 0 aliphatic heterocycles. The van der Waals surface area contributed by atoms with E-state index in [0.29, 0.717) is 39.7 Å². The van der Waals surface area contributed by atoms with Crippen LogP contribution in [0.3, 0.4) is 0 Å². The molecule has 32 heavy (non-hydrogen) atoms. The topological polar surface area (TPSA) is 76.1 Å². The molecule has 0 unspecified atom stereocenters. The molecule has 0 amide bonds. The number of ether oxygens (including phenoxy) is 5. The van der Waals surface area contributed by atoms with E-state index in [1.165, 1.54) is 7.11 Å². The Morgan fingerprint density at radius 2 is 1.34 bits per heavy atom. The largest absolute Gasteiger partial charge is 0.496 e. The van der Waals surface area contributed by atoms with Crippen molar-refractivity contribution in [1.82, 2.24) is 4.98 Å². The van der Waals surface area contributed by atoms with Gasteiger partial charge in [0.1, 0.15) is 11.5 Å². The highest BCUT2D eigenvalue weighted by Crippen LogP contribution is 2.41. The third-order valence-corrected chi connectivity index (χ3v) is 5.21. The van der Waals surface area contributed by atoms with Crippen molar-refractivity contribution < 1.29 is 28.5 Å². The number of hydrogen-bond donors (Lipinski definition) is 0. The summed E-state index contributed by atoms with van der Waals surface area (Å²) in [4.78, 5) is 16.5. The van der Waals surface area contributed by atoms with Crippen LogP contribution in [0.15, 0.2) is 48.8 Å². The first-order valence-corrected chi connectivity index (χ1v) is 10.0. The summed E-state index contributed by atoms with van der Waals surface area (Å²) < 4.78 is 27.0. The monoisotopic (exact) mass is 437 g/mol. The van der Waals surface area contributed by atoms with Gasteiger partial charge in [0, 0.05) is 18.0 Å². The van der Waals surface area contributed by atoms with E-state index in [1.807, 2.05) is 30.3 Å². The van der Waals surface area contributed by atoms with Gasteiger partial charge in [-0.05, 0) is 54.3 Å². The highest BCUT2D eigenvalue weighted by molar-refractivity contribution is 5.99. The summed E-state index contributed by atoms with van der Waals surface area (Å²) in [6.07, 6.45) is 4.69. The van der Waals surface area contributed by atoms with Crippen molar-refractivity contribution in [2.45, 2.75) is 12.8 Å². The summed E-state index contributed by atoms with van der Waals surface area (Å²) in [5.41, 5.74) is 3.76. The highest BCUT2D eigenvalue weighted by atomic mass is 16.5. The van der Waals surface area contributed by atoms with E-state index in [-0.39, 0.29) is 0 Å². The van der Waals surface area contributed by atoms with Crippen LogP contribution < -0.4 is 18.9 Å². The minimum Gasteiger partial charge on any atom is -0.496 e. The number of aryl methyl sites for hydroxylation is 2. The Hall–Kier alpha value is -3.74. The van der Waals surface area contributed by atoms with Gasteiger partial charge in [-0.3, -0.25) is 4.98 Å². The summed E-state index contributed by atoms with van der Waals surface area (Å²) in [5, 5.41) is 0. The van der Waals surface area contributed by atoms with Gasteiger partial charge in [-0.15, -0.1) is 0 Å². The van der Waals surface area contributed by atoms with E-state index in [1.54, 1.807) is 46.9 Å². The Bertz CT molecular complexity index is 1070. The maximum absolute atomic E-state index is 12.3. The maximum Gasteiger partial charge on any atom is 0.338 e. The van der Waals surface area contributed by atoms with Crippen LogP contribution in [0.2, 0.25) is 0 Å². The lowest BCUT2D eigenvalue weighted by Gasteiger charge is -2.17. The van der Waals surface area contributed by atoms with Gasteiger partial charge >= 0.3 is 5.97 Å². The second-order valence-electron chi connectivity index (χ2n) is 6.98. The molecule has 0 aliphatic rings. The van der Waals surface area contributed by atoms with E-state index < -0.39 is 5.97 Å². The molecule has 0 saturated carbocycles. The molecule has 0 bridgehead atoms. The summed E-state index contributed by atoms with van der Waals surface area (Å²) in [7, 11) is 7.76. The minimum atomic E-state index is -0.455. The molecule has 1 aromatic heterocycles. The first-order chi connectivity index (χ1) is 15.6. The van der Waals surface area contributed by atoms with Crippen molar-refractivity contribution in [3.8, 4) is 34.1 Å². The van der Waals surface area contributed by atoms with Gasteiger partial charge < -0.3 is 23.7 Å². The molecule has 0 spiro atoms. The zero-order valence-electron chi connectivity index (χ0n) is 18.9. The molecule has 7 nitrogen and oxygen atoms in total. The molecular weight excluding hydrogens is 410 g/mol. The molecular formula is C25H27NO6. The molecule has 0 N–H and O–H groups in total. The molecule has 3 rings (SSSR count). The van der Waals surface area contributed by atoms with Crippen LogP contribution >= 0.6 is 0 Å². The van der Waals surface area contributed by atoms with E-state index in [2.05, 4.69) is 4.98 Å². The maximum atomic E-state index is 12.3. The van der Waals surface area contributed by atoms with Crippen molar-refractivity contribution in [2.24, 2.45) is 0 Å². The average Bonchev–Trinajstić information content (AvgIpc) is 2.85. The van der Waals surface area contributed by atoms with Gasteiger partial charge in [-0.2, -0.15) is 0 Å². The van der Waals surface area contributed by atoms with Crippen molar-refractivity contribution in [1.29, 1.82) is 0 Å². The Morgan fingerprint density at radius 1 is 0.750 bits per heavy atom. The summed E-state index contributed by atoms with van der Waals surface area (Å²) in [6, 6.07) is 11.4. The summed E-state index contributed by atoms with van der Waals surface area (Å²) in [5.74, 6) is 2.11. The van der Waals surface area contributed by atoms with Crippen LogP contribution in [-0.4, -0.2) is 46.5 Å². The highest BCUT2D eigenvalue weighted by Gasteiger charge is 2.21. The minimum absolute atomic E-state index is 0.386. The summed E-state index contributed by atoms with van der Waals surface area (Å²) >= 11 is 0. The van der Waals surface area contributed by atoms with Gasteiger partial charge in [0.05, 0.1) is 46.7 Å². The Labute approximate surface area is 187 Å². The molecule has 7 heteroatoms. The smallest absolute Gasteiger partial charge is 0.338 e. The van der Waals surface area contributed by atoms with Crippen LogP contribution in [0, 0.1) is 0 Å². The SMILES string of the molecule is COC(=O)c1ccncc1-c1c(OC)cc(CCc2ccc(OC)c(OC)c2)cc1OC. The number of pyridine rings is 1. The standard InChI is InChI=1S/C25H27NO6/c1-28-20-9-8-16(12-21(20)29-2)6-7-17-13-22(30-3)24(23(14-17)31-4)19-15-26-11-10-18(19)25(27)32-5/h8-15H,6-7H2,1-5H3. The van der Waals surface area contributed by atoms with E-state index in [0.717, 1.165) is 24.0 Å². The first kappa shape index (κ1) is 22.9. The molecule has 0 aliphatic carbocycles. The van der Waals surface area contributed by atoms with Gasteiger partial charge in [0.2, 0.25) is 0 Å². The number of methoxy groups -OCH3 is 5. The van der Waals surface area contributed by atoms with Crippen LogP contribution in [0.1, 0.15) is 21.5 Å². The molecule has 0 fully saturated rings. The van der Waals surface area contributed by atoms with Crippen LogP contribution in [0.5, 0.6) is 23.0 Å². The molecule has 2 aromatic carbocycles. The predicted molar refractivity (Wildman–Crippen MR) is 121 cm³/mol. The first-order valence-electron chi connectivity index (χ1n) is 10.0. The fraction of sp³-hybridized carbons (Fsp3) is 0.280. The third-order valence-electron chi connectivity index (χ3n) is 5.21. The molecule has 0 saturated heterocycles. The quantitative estimate of drug-likeness (QED) is 0.461. The van der Waals surface area contributed by atoms with Crippen LogP contribution in [-0.2, 0) is 17.6 Å². The number of esters is 1. The van der Waals surface area contributed by atoms with Gasteiger partial charge in [-0.25, -0.2) is 4.79 Å². The van der Waals surface area contributed by atoms with E-state index >= 15 is 0 Å². The van der Waals surface area contributed by atoms with Crippen molar-refractivity contribution in [3.05, 3.63) is 65.5 Å². The zero-order chi connectivity index (χ0) is 23.1. The van der Waals surface area contributed by atoms with Crippen molar-refractivity contribution >= 4 is 5.97 Å². The van der Waals surface area contributed by atoms with Crippen molar-refractivity contribution in [2.75, 3.05) is 35.5 Å². The lowest BCUT2D eigenvalue weighted by atomic mass is 9.96. The predicted octanol–water partition coefficient (Wildman–Crippen LogP) is 4.35. The van der Waals surface area contributed by atoms with E-state index in [4.69, 9.17) is 23.7 Å². The Balaban J connectivity index is 1.96. The second kappa shape index (κ2) is 10.5. The Kier molecular flexibility index (Phi) is 7.54. The third kappa shape index (κ3) is 4.77. The average molecular weight is 437 g/mol. The van der Waals surface area contributed by atoms with Crippen LogP contribution in [0.25, 0.3) is 11.1 Å². The lowest BCUT2D eigenvalue weighted by Crippen LogP contribution is -2.06. The van der Waals surface area contributed by atoms with Crippen molar-refractivity contribution in [3.63, 3.8) is 0 Å². The normalized spacial score (nSPS) is 10.4. The molecule has 0 atom stereocenters. The van der Waals surface area contributed by atoms with Gasteiger partial charge in [0.25, 0.3) is 0 Å². The van der Waals surface area contributed by atoms with Gasteiger partial charge in [-0.1, -0.05) is 6.07 Å². The Morgan fingerprint density at radius 3 is 1.94 bits per heavy atom. The number of hydrogen-bond acceptors (Lipinski definition) is 7. The van der Waals surface area contributed by atoms with Gasteiger partial charge in [0.15, 0.2) is 11.5 Å². The fourth-order valence-corrected chi connectivity index (χ4v) is 3.58. The summed E-state index contributed by atoms with van der Waals surface area (Å²) in [6.45, 7) is 0. The number of rotatable bonds is 9. The molecule has 0 radical (unpaired) electrons. The number of nitrogens with zero attached hydrogens (tertiary/aromatic N) is 1.